The van der Waals surface area contributed by atoms with Crippen LogP contribution >= 0.6 is 23.2 Å². The van der Waals surface area contributed by atoms with Crippen LogP contribution in [0, 0.1) is 23.3 Å². The van der Waals surface area contributed by atoms with Crippen LogP contribution in [-0.4, -0.2) is 22.6 Å². The van der Waals surface area contributed by atoms with Gasteiger partial charge in [-0.25, -0.2) is 26.0 Å². The van der Waals surface area contributed by atoms with Gasteiger partial charge in [-0.05, 0) is 94.8 Å². The fourth-order valence-corrected chi connectivity index (χ4v) is 8.10. The fourth-order valence-electron chi connectivity index (χ4n) is 6.09. The van der Waals surface area contributed by atoms with Gasteiger partial charge in [0, 0.05) is 22.3 Å². The molecule has 0 spiro atoms. The summed E-state index contributed by atoms with van der Waals surface area (Å²) in [4.78, 5) is 0. The van der Waals surface area contributed by atoms with Gasteiger partial charge in [0.25, 0.3) is 0 Å². The first-order chi connectivity index (χ1) is 23.4. The molecule has 2 aliphatic rings. The van der Waals surface area contributed by atoms with E-state index < -0.39 is 55.7 Å². The molecule has 0 aromatic heterocycles. The topological polar surface area (TPSA) is 52.6 Å². The highest BCUT2D eigenvalue weighted by Crippen LogP contribution is 2.42. The Morgan fingerprint density at radius 1 is 0.571 bits per heavy atom. The lowest BCUT2D eigenvalue weighted by Crippen LogP contribution is -2.12. The molecule has 2 aliphatic carbocycles. The highest BCUT2D eigenvalue weighted by atomic mass is 35.5. The third kappa shape index (κ3) is 7.06. The lowest BCUT2D eigenvalue weighted by molar-refractivity contribution is 0.415. The number of methoxy groups -OCH3 is 2. The van der Waals surface area contributed by atoms with Crippen LogP contribution in [0.5, 0.6) is 11.5 Å². The van der Waals surface area contributed by atoms with Crippen LogP contribution in [0.2, 0.25) is 10.0 Å². The van der Waals surface area contributed by atoms with E-state index in [9.17, 15) is 8.42 Å². The van der Waals surface area contributed by atoms with E-state index in [-0.39, 0.29) is 11.1 Å². The molecule has 0 amide bonds. The second-order valence-corrected chi connectivity index (χ2v) is 14.4. The molecule has 252 valence electrons. The maximum absolute atomic E-state index is 15.5. The monoisotopic (exact) mass is 726 g/mol. The molecule has 11 heteroatoms. The normalized spacial score (nSPS) is 14.4. The van der Waals surface area contributed by atoms with Gasteiger partial charge >= 0.3 is 0 Å². The van der Waals surface area contributed by atoms with Crippen LogP contribution in [0.4, 0.5) is 17.6 Å². The minimum Gasteiger partial charge on any atom is -0.495 e. The maximum atomic E-state index is 15.5. The molecule has 4 nitrogen and oxygen atoms in total. The Bertz CT molecular complexity index is 2090. The van der Waals surface area contributed by atoms with Gasteiger partial charge < -0.3 is 9.47 Å². The third-order valence-corrected chi connectivity index (χ3v) is 10.5. The van der Waals surface area contributed by atoms with Crippen molar-refractivity contribution >= 4 is 55.3 Å². The highest BCUT2D eigenvalue weighted by molar-refractivity contribution is 7.89. The number of allylic oxidation sites excluding steroid dienone is 8. The van der Waals surface area contributed by atoms with Gasteiger partial charge in [-0.1, -0.05) is 59.6 Å². The van der Waals surface area contributed by atoms with Crippen LogP contribution in [0.3, 0.4) is 0 Å². The molecular formula is C38H28Cl2F4O4S. The average molecular weight is 728 g/mol. The molecule has 0 atom stereocenters. The predicted molar refractivity (Wildman–Crippen MR) is 186 cm³/mol. The van der Waals surface area contributed by atoms with Crippen molar-refractivity contribution in [2.45, 2.75) is 24.3 Å². The van der Waals surface area contributed by atoms with Crippen LogP contribution in [0.15, 0.2) is 85.0 Å². The smallest absolute Gasteiger partial charge is 0.158 e. The van der Waals surface area contributed by atoms with E-state index in [1.165, 1.54) is 14.2 Å². The number of rotatable bonds is 10. The highest BCUT2D eigenvalue weighted by Gasteiger charge is 2.26. The Kier molecular flexibility index (Phi) is 9.80. The third-order valence-electron chi connectivity index (χ3n) is 8.40. The fraction of sp³-hybridized carbons (Fsp3) is 0.158. The molecule has 0 unspecified atom stereocenters. The van der Waals surface area contributed by atoms with Crippen molar-refractivity contribution in [2.75, 3.05) is 14.2 Å². The molecule has 0 fully saturated rings. The van der Waals surface area contributed by atoms with Crippen molar-refractivity contribution in [2.24, 2.45) is 0 Å². The second kappa shape index (κ2) is 13.9. The zero-order valence-corrected chi connectivity index (χ0v) is 28.5. The summed E-state index contributed by atoms with van der Waals surface area (Å²) in [5.41, 5.74) is 2.49. The number of hydrogen-bond donors (Lipinski definition) is 0. The molecule has 0 N–H and O–H groups in total. The zero-order chi connectivity index (χ0) is 35.0. The Morgan fingerprint density at radius 3 is 1.33 bits per heavy atom. The van der Waals surface area contributed by atoms with Crippen molar-refractivity contribution in [3.05, 3.63) is 152 Å². The summed E-state index contributed by atoms with van der Waals surface area (Å²) in [6, 6.07) is 13.7. The summed E-state index contributed by atoms with van der Waals surface area (Å²) in [5.74, 6) is -4.50. The van der Waals surface area contributed by atoms with Crippen LogP contribution < -0.4 is 9.47 Å². The first kappa shape index (κ1) is 34.5. The lowest BCUT2D eigenvalue weighted by Gasteiger charge is -2.15. The van der Waals surface area contributed by atoms with Gasteiger partial charge in [-0.3, -0.25) is 0 Å². The first-order valence-corrected chi connectivity index (χ1v) is 17.6. The van der Waals surface area contributed by atoms with Gasteiger partial charge in [0.1, 0.15) is 34.8 Å². The molecular weight excluding hydrogens is 699 g/mol. The SMILES string of the molecule is COc1ccc(C2=CCC=C2c2cc(F)c(CS(=O)(=O)Cc3cc(F)c(C4=CCC=C4c4ccc(OC)c(Cl)c4)cc3F)cc2F)cc1Cl. The maximum Gasteiger partial charge on any atom is 0.158 e. The summed E-state index contributed by atoms with van der Waals surface area (Å²) >= 11 is 12.6. The molecule has 0 aliphatic heterocycles. The average Bonchev–Trinajstić information content (AvgIpc) is 3.74. The van der Waals surface area contributed by atoms with Gasteiger partial charge in [0.05, 0.1) is 35.8 Å². The summed E-state index contributed by atoms with van der Waals surface area (Å²) in [6.45, 7) is 0. The molecule has 49 heavy (non-hydrogen) atoms. The van der Waals surface area contributed by atoms with E-state index in [1.54, 1.807) is 48.6 Å². The molecule has 0 saturated carbocycles. The van der Waals surface area contributed by atoms with E-state index in [0.717, 1.165) is 24.3 Å². The number of ether oxygens (including phenoxy) is 2. The van der Waals surface area contributed by atoms with Crippen molar-refractivity contribution < 1.29 is 35.5 Å². The van der Waals surface area contributed by atoms with Gasteiger partial charge in [-0.2, -0.15) is 0 Å². The minimum atomic E-state index is -4.28. The molecule has 0 bridgehead atoms. The second-order valence-electron chi connectivity index (χ2n) is 11.5. The van der Waals surface area contributed by atoms with Crippen LogP contribution in [0.25, 0.3) is 22.3 Å². The zero-order valence-electron chi connectivity index (χ0n) is 26.2. The summed E-state index contributed by atoms with van der Waals surface area (Å²) in [7, 11) is -1.32. The number of benzene rings is 4. The Labute approximate surface area is 291 Å². The Hall–Kier alpha value is -4.31. The van der Waals surface area contributed by atoms with Gasteiger partial charge in [0.15, 0.2) is 9.84 Å². The molecule has 4 aromatic carbocycles. The van der Waals surface area contributed by atoms with E-state index in [1.807, 2.05) is 12.2 Å². The molecule has 0 heterocycles. The summed E-state index contributed by atoms with van der Waals surface area (Å²) in [6.07, 6.45) is 8.09. The molecule has 4 aromatic rings. The van der Waals surface area contributed by atoms with E-state index in [4.69, 9.17) is 32.7 Å². The lowest BCUT2D eigenvalue weighted by atomic mass is 9.94. The molecule has 6 rings (SSSR count). The summed E-state index contributed by atoms with van der Waals surface area (Å²) in [5, 5.41) is 0.697. The number of sulfone groups is 1. The van der Waals surface area contributed by atoms with Crippen LogP contribution in [-0.2, 0) is 21.3 Å². The van der Waals surface area contributed by atoms with Crippen molar-refractivity contribution in [1.29, 1.82) is 0 Å². The quantitative estimate of drug-likeness (QED) is 0.153. The van der Waals surface area contributed by atoms with Crippen molar-refractivity contribution in [3.63, 3.8) is 0 Å². The molecule has 0 radical (unpaired) electrons. The van der Waals surface area contributed by atoms with Crippen molar-refractivity contribution in [3.8, 4) is 11.5 Å². The number of halogens is 6. The van der Waals surface area contributed by atoms with Gasteiger partial charge in [0.2, 0.25) is 0 Å². The van der Waals surface area contributed by atoms with Gasteiger partial charge in [-0.15, -0.1) is 0 Å². The van der Waals surface area contributed by atoms with E-state index in [2.05, 4.69) is 0 Å². The number of hydrogen-bond acceptors (Lipinski definition) is 4. The molecule has 0 saturated heterocycles. The van der Waals surface area contributed by atoms with Crippen LogP contribution in [0.1, 0.15) is 46.2 Å². The largest absolute Gasteiger partial charge is 0.495 e. The Balaban J connectivity index is 1.21. The first-order valence-electron chi connectivity index (χ1n) is 15.0. The standard InChI is InChI=1S/C38H28Cl2F4O4S/c1-47-37-11-9-21(13-31(37)39)25-5-3-7-27(25)29-17-33(41)23(15-35(29)43)19-49(45,46)20-24-16-36(44)30(18-34(24)42)28-8-4-6-26(28)22-10-12-38(48-2)32(40)14-22/h5-18H,3-4,19-20H2,1-2H3. The van der Waals surface area contributed by atoms with Crippen molar-refractivity contribution in [1.82, 2.24) is 0 Å². The summed E-state index contributed by atoms with van der Waals surface area (Å²) < 4.78 is 98.4. The predicted octanol–water partition coefficient (Wildman–Crippen LogP) is 10.4. The Morgan fingerprint density at radius 2 is 0.959 bits per heavy atom. The minimum absolute atomic E-state index is 0.0513. The van der Waals surface area contributed by atoms with E-state index >= 15 is 17.6 Å². The van der Waals surface area contributed by atoms with E-state index in [0.29, 0.717) is 67.8 Å².